The molecule has 1 aliphatic heterocycles. The van der Waals surface area contributed by atoms with Gasteiger partial charge in [-0.1, -0.05) is 216 Å². The van der Waals surface area contributed by atoms with Gasteiger partial charge in [-0.25, -0.2) is 9.59 Å². The Morgan fingerprint density at radius 2 is 1.10 bits per heavy atom. The molecule has 14 nitrogen and oxygen atoms in total. The molecule has 2 aromatic carbocycles. The Bertz CT molecular complexity index is 2230. The molecule has 2 heterocycles. The Morgan fingerprint density at radius 1 is 0.630 bits per heavy atom. The summed E-state index contributed by atoms with van der Waals surface area (Å²) < 4.78 is 13.0. The van der Waals surface area contributed by atoms with E-state index in [2.05, 4.69) is 24.5 Å². The number of aliphatic hydroxyl groups excluding tert-OH is 2. The van der Waals surface area contributed by atoms with Crippen LogP contribution in [-0.4, -0.2) is 81.0 Å². The maximum absolute atomic E-state index is 14.3. The zero-order valence-electron chi connectivity index (χ0n) is 44.3. The number of aliphatic hydroxyl groups is 2. The highest BCUT2D eigenvalue weighted by atomic mass is 16.6. The number of aromatic nitrogens is 2. The third kappa shape index (κ3) is 18.5. The van der Waals surface area contributed by atoms with E-state index in [0.717, 1.165) is 84.4 Å². The largest absolute Gasteiger partial charge is 0.449 e. The zero-order valence-corrected chi connectivity index (χ0v) is 44.3. The van der Waals surface area contributed by atoms with Crippen LogP contribution >= 0.6 is 0 Å². The van der Waals surface area contributed by atoms with Gasteiger partial charge in [0.2, 0.25) is 11.8 Å². The molecule has 0 saturated carbocycles. The Kier molecular flexibility index (Phi) is 26.7. The topological polar surface area (TPSA) is 195 Å². The normalized spacial score (nSPS) is 17.1. The maximum Gasteiger partial charge on any atom is 0.407 e. The number of unbranched alkanes of at least 4 members (excludes halogenated alkanes) is 24. The minimum atomic E-state index is -1.52. The summed E-state index contributed by atoms with van der Waals surface area (Å²) in [6.07, 6.45) is 24.7. The molecule has 1 aromatic heterocycles. The van der Waals surface area contributed by atoms with E-state index in [1.165, 1.54) is 103 Å². The van der Waals surface area contributed by atoms with Crippen molar-refractivity contribution in [1.82, 2.24) is 19.8 Å². The van der Waals surface area contributed by atoms with Crippen LogP contribution in [0.4, 0.5) is 4.79 Å². The van der Waals surface area contributed by atoms with Crippen molar-refractivity contribution in [2.75, 3.05) is 19.8 Å². The van der Waals surface area contributed by atoms with Crippen molar-refractivity contribution < 1.29 is 38.9 Å². The van der Waals surface area contributed by atoms with E-state index in [1.807, 2.05) is 48.5 Å². The zero-order chi connectivity index (χ0) is 52.2. The van der Waals surface area contributed by atoms with Gasteiger partial charge in [0.1, 0.15) is 24.9 Å². The van der Waals surface area contributed by atoms with Gasteiger partial charge in [0.25, 0.3) is 5.56 Å². The van der Waals surface area contributed by atoms with E-state index < -0.39 is 66.0 Å². The summed E-state index contributed by atoms with van der Waals surface area (Å²) in [5.41, 5.74) is 1.86. The van der Waals surface area contributed by atoms with Gasteiger partial charge >= 0.3 is 11.8 Å². The van der Waals surface area contributed by atoms with Crippen LogP contribution in [0.5, 0.6) is 0 Å². The molecule has 1 aliphatic carbocycles. The van der Waals surface area contributed by atoms with Gasteiger partial charge in [-0.3, -0.25) is 23.7 Å². The van der Waals surface area contributed by atoms with Gasteiger partial charge in [-0.05, 0) is 35.1 Å². The first-order valence-corrected chi connectivity index (χ1v) is 28.4. The van der Waals surface area contributed by atoms with E-state index in [-0.39, 0.29) is 43.9 Å². The number of amides is 2. The standard InChI is InChI=1S/C59H88N4O10/c1-3-5-7-9-11-13-15-17-19-21-23-25-27-37-50(65)48-41-62(59(71)63(56(48)69)53(67)38-28-26-24-22-20-18-16-14-12-10-8-6-4-2)57-54(55(68)51(42-64)73-57)61-52(66)39-40-60-58(70)72-43-49-46-35-31-29-33-44(46)45-34-30-32-36-47(45)49/h29-36,41,49,51,54-55,57,64,68H,3-28,37-40,42-43H2,1-2H3,(H,60,70)(H,61,66)/t51-,54-,55-,57-/m1/s1. The summed E-state index contributed by atoms with van der Waals surface area (Å²) in [5.74, 6) is -2.06. The number of alkyl carbamates (subject to hydrolysis) is 1. The molecule has 4 N–H and O–H groups in total. The number of ketones is 1. The second-order valence-electron chi connectivity index (χ2n) is 20.5. The SMILES string of the molecule is CCCCCCCCCCCCCCCC(=O)c1cn([C@@H]2O[C@H](CO)[C@@H](O)[C@H]2NC(=O)CCNC(=O)OCC2c3ccccc3-c3ccccc32)c(=O)n(C(=O)CCCCCCCCCCCCCCC)c1=O. The Morgan fingerprint density at radius 3 is 1.59 bits per heavy atom. The first kappa shape index (κ1) is 59.0. The third-order valence-corrected chi connectivity index (χ3v) is 14.8. The number of carbonyl (C=O) groups excluding carboxylic acids is 4. The molecule has 3 aromatic rings. The maximum atomic E-state index is 14.3. The van der Waals surface area contributed by atoms with Crippen molar-refractivity contribution in [2.24, 2.45) is 0 Å². The average molecular weight is 1010 g/mol. The molecule has 404 valence electrons. The molecule has 4 atom stereocenters. The van der Waals surface area contributed by atoms with Crippen LogP contribution < -0.4 is 21.9 Å². The number of benzene rings is 2. The number of fused-ring (bicyclic) bond motifs is 3. The second kappa shape index (κ2) is 33.1. The van der Waals surface area contributed by atoms with E-state index in [9.17, 15) is 39.0 Å². The summed E-state index contributed by atoms with van der Waals surface area (Å²) >= 11 is 0. The highest BCUT2D eigenvalue weighted by Crippen LogP contribution is 2.44. The molecule has 1 saturated heterocycles. The van der Waals surface area contributed by atoms with E-state index in [4.69, 9.17) is 9.47 Å². The van der Waals surface area contributed by atoms with Gasteiger partial charge < -0.3 is 30.3 Å². The van der Waals surface area contributed by atoms with Crippen LogP contribution in [0.1, 0.15) is 238 Å². The highest BCUT2D eigenvalue weighted by molar-refractivity contribution is 5.96. The van der Waals surface area contributed by atoms with Crippen molar-refractivity contribution >= 4 is 23.7 Å². The predicted molar refractivity (Wildman–Crippen MR) is 287 cm³/mol. The molecular formula is C59H88N4O10. The fourth-order valence-corrected chi connectivity index (χ4v) is 10.5. The summed E-state index contributed by atoms with van der Waals surface area (Å²) in [6, 6.07) is 14.6. The molecule has 0 radical (unpaired) electrons. The van der Waals surface area contributed by atoms with Crippen LogP contribution in [0.15, 0.2) is 64.3 Å². The van der Waals surface area contributed by atoms with Crippen molar-refractivity contribution in [3.05, 3.63) is 92.3 Å². The Hall–Kier alpha value is -4.92. The minimum Gasteiger partial charge on any atom is -0.449 e. The lowest BCUT2D eigenvalue weighted by molar-refractivity contribution is -0.123. The fraction of sp³-hybridized carbons (Fsp3) is 0.661. The molecule has 73 heavy (non-hydrogen) atoms. The molecule has 5 rings (SSSR count). The summed E-state index contributed by atoms with van der Waals surface area (Å²) in [6.45, 7) is 3.74. The lowest BCUT2D eigenvalue weighted by atomic mass is 9.98. The lowest BCUT2D eigenvalue weighted by Gasteiger charge is -2.24. The number of Topliss-reactive ketones (excluding diaryl/α,β-unsaturated/α-hetero) is 1. The summed E-state index contributed by atoms with van der Waals surface area (Å²) in [7, 11) is 0. The van der Waals surface area contributed by atoms with Gasteiger partial charge in [-0.15, -0.1) is 0 Å². The van der Waals surface area contributed by atoms with E-state index in [0.29, 0.717) is 17.4 Å². The molecule has 0 spiro atoms. The molecule has 2 amide bonds. The Labute approximate surface area is 434 Å². The molecule has 0 unspecified atom stereocenters. The number of rotatable bonds is 37. The van der Waals surface area contributed by atoms with Gasteiger partial charge in [0.15, 0.2) is 12.0 Å². The molecule has 14 heteroatoms. The van der Waals surface area contributed by atoms with Crippen molar-refractivity contribution in [2.45, 2.75) is 230 Å². The van der Waals surface area contributed by atoms with Gasteiger partial charge in [0.05, 0.1) is 12.2 Å². The highest BCUT2D eigenvalue weighted by Gasteiger charge is 2.46. The number of nitrogens with one attached hydrogen (secondary N) is 2. The monoisotopic (exact) mass is 1010 g/mol. The summed E-state index contributed by atoms with van der Waals surface area (Å²) in [5, 5.41) is 26.8. The second-order valence-corrected chi connectivity index (χ2v) is 20.5. The molecule has 2 aliphatic rings. The number of ether oxygens (including phenoxy) is 2. The first-order chi connectivity index (χ1) is 35.6. The average Bonchev–Trinajstić information content (AvgIpc) is 3.88. The van der Waals surface area contributed by atoms with Crippen LogP contribution in [0.2, 0.25) is 0 Å². The molecule has 1 fully saturated rings. The smallest absolute Gasteiger partial charge is 0.407 e. The van der Waals surface area contributed by atoms with Gasteiger partial charge in [-0.2, -0.15) is 4.57 Å². The number of nitrogens with zero attached hydrogens (tertiary/aromatic N) is 2. The Balaban J connectivity index is 1.19. The van der Waals surface area contributed by atoms with E-state index >= 15 is 0 Å². The minimum absolute atomic E-state index is 0.0303. The number of hydrogen-bond acceptors (Lipinski definition) is 10. The summed E-state index contributed by atoms with van der Waals surface area (Å²) in [4.78, 5) is 82.3. The third-order valence-electron chi connectivity index (χ3n) is 14.8. The predicted octanol–water partition coefficient (Wildman–Crippen LogP) is 11.5. The van der Waals surface area contributed by atoms with E-state index in [1.54, 1.807) is 0 Å². The van der Waals surface area contributed by atoms with Crippen LogP contribution in [0, 0.1) is 0 Å². The lowest BCUT2D eigenvalue weighted by Crippen LogP contribution is -2.52. The first-order valence-electron chi connectivity index (χ1n) is 28.4. The van der Waals surface area contributed by atoms with Crippen LogP contribution in [0.25, 0.3) is 11.1 Å². The van der Waals surface area contributed by atoms with Crippen LogP contribution in [-0.2, 0) is 14.3 Å². The van der Waals surface area contributed by atoms with Crippen LogP contribution in [0.3, 0.4) is 0 Å². The van der Waals surface area contributed by atoms with Crippen molar-refractivity contribution in [1.29, 1.82) is 0 Å². The quantitative estimate of drug-likeness (QED) is 0.0319. The number of hydrogen-bond donors (Lipinski definition) is 4. The van der Waals surface area contributed by atoms with Crippen molar-refractivity contribution in [3.63, 3.8) is 0 Å². The molecular weight excluding hydrogens is 925 g/mol. The number of carbonyl (C=O) groups is 4. The van der Waals surface area contributed by atoms with Gasteiger partial charge in [0, 0.05) is 37.9 Å². The molecule has 0 bridgehead atoms. The van der Waals surface area contributed by atoms with Crippen molar-refractivity contribution in [3.8, 4) is 11.1 Å². The fourth-order valence-electron chi connectivity index (χ4n) is 10.5.